The predicted molar refractivity (Wildman–Crippen MR) is 78.1 cm³/mol. The molecule has 1 heterocycles. The molecule has 0 saturated carbocycles. The largest absolute Gasteiger partial charge is 0.310 e. The number of carbonyl (C=O) groups excluding carboxylic acids is 2. The van der Waals surface area contributed by atoms with Gasteiger partial charge in [0.25, 0.3) is 0 Å². The Morgan fingerprint density at radius 1 is 1.56 bits per heavy atom. The molecule has 1 fully saturated rings. The summed E-state index contributed by atoms with van der Waals surface area (Å²) >= 11 is 3.25. The van der Waals surface area contributed by atoms with E-state index in [-0.39, 0.29) is 22.1 Å². The predicted octanol–water partition coefficient (Wildman–Crippen LogP) is 2.82. The molecular formula is C12H11FINO2S. The van der Waals surface area contributed by atoms with Gasteiger partial charge in [-0.25, -0.2) is 4.39 Å². The zero-order valence-corrected chi connectivity index (χ0v) is 12.6. The number of benzene rings is 1. The first-order chi connectivity index (χ1) is 8.47. The first-order valence-electron chi connectivity index (χ1n) is 5.40. The van der Waals surface area contributed by atoms with E-state index in [9.17, 15) is 14.0 Å². The van der Waals surface area contributed by atoms with Crippen molar-refractivity contribution in [3.05, 3.63) is 27.6 Å². The van der Waals surface area contributed by atoms with Crippen molar-refractivity contribution in [2.75, 3.05) is 11.4 Å². The van der Waals surface area contributed by atoms with Crippen LogP contribution < -0.4 is 4.90 Å². The number of amides is 1. The number of nitrogens with zero attached hydrogens (tertiary/aromatic N) is 1. The number of hydrogen-bond donors (Lipinski definition) is 0. The van der Waals surface area contributed by atoms with Gasteiger partial charge in [-0.1, -0.05) is 11.8 Å². The van der Waals surface area contributed by atoms with Crippen LogP contribution in [0.1, 0.15) is 13.3 Å². The second-order valence-corrected chi connectivity index (χ2v) is 6.68. The maximum atomic E-state index is 13.2. The molecule has 96 valence electrons. The fourth-order valence-corrected chi connectivity index (χ4v) is 3.46. The van der Waals surface area contributed by atoms with E-state index in [1.165, 1.54) is 30.8 Å². The quantitative estimate of drug-likeness (QED) is 0.742. The standard InChI is InChI=1S/C12H11FINO2S/c1-7(16)18-9-5-12(17)15(6-9)11-4-8(13)2-3-10(11)14/h2-4,9H,5-6H2,1H3. The molecule has 1 saturated heterocycles. The molecule has 0 aliphatic carbocycles. The minimum Gasteiger partial charge on any atom is -0.310 e. The van der Waals surface area contributed by atoms with E-state index in [0.717, 1.165) is 3.57 Å². The first-order valence-corrected chi connectivity index (χ1v) is 7.36. The number of carbonyl (C=O) groups is 2. The van der Waals surface area contributed by atoms with Gasteiger partial charge in [-0.05, 0) is 40.8 Å². The Morgan fingerprint density at radius 3 is 2.94 bits per heavy atom. The molecule has 0 aromatic heterocycles. The molecule has 0 bridgehead atoms. The van der Waals surface area contributed by atoms with Crippen LogP contribution in [0.4, 0.5) is 10.1 Å². The molecule has 6 heteroatoms. The number of rotatable bonds is 2. The minimum atomic E-state index is -0.360. The van der Waals surface area contributed by atoms with E-state index < -0.39 is 0 Å². The molecule has 1 aliphatic rings. The summed E-state index contributed by atoms with van der Waals surface area (Å²) in [6.45, 7) is 1.95. The Balaban J connectivity index is 2.21. The van der Waals surface area contributed by atoms with E-state index in [0.29, 0.717) is 18.7 Å². The Hall–Kier alpha value is -0.630. The van der Waals surface area contributed by atoms with Gasteiger partial charge >= 0.3 is 0 Å². The zero-order chi connectivity index (χ0) is 13.3. The maximum absolute atomic E-state index is 13.2. The normalized spacial score (nSPS) is 19.4. The highest BCUT2D eigenvalue weighted by molar-refractivity contribution is 14.1. The lowest BCUT2D eigenvalue weighted by atomic mass is 10.3. The van der Waals surface area contributed by atoms with Crippen LogP contribution in [0.2, 0.25) is 0 Å². The Morgan fingerprint density at radius 2 is 2.28 bits per heavy atom. The van der Waals surface area contributed by atoms with Gasteiger partial charge in [-0.15, -0.1) is 0 Å². The van der Waals surface area contributed by atoms with Crippen molar-refractivity contribution >= 4 is 51.1 Å². The zero-order valence-electron chi connectivity index (χ0n) is 9.65. The van der Waals surface area contributed by atoms with Crippen LogP contribution in [0.5, 0.6) is 0 Å². The third-order valence-electron chi connectivity index (χ3n) is 2.62. The highest BCUT2D eigenvalue weighted by atomic mass is 127. The van der Waals surface area contributed by atoms with E-state index in [1.54, 1.807) is 11.0 Å². The van der Waals surface area contributed by atoms with E-state index in [2.05, 4.69) is 22.6 Å². The second kappa shape index (κ2) is 5.56. The molecular weight excluding hydrogens is 368 g/mol. The summed E-state index contributed by atoms with van der Waals surface area (Å²) in [5.41, 5.74) is 0.590. The highest BCUT2D eigenvalue weighted by Gasteiger charge is 2.32. The van der Waals surface area contributed by atoms with Crippen molar-refractivity contribution in [1.82, 2.24) is 0 Å². The van der Waals surface area contributed by atoms with Gasteiger partial charge < -0.3 is 4.90 Å². The molecule has 1 aromatic rings. The van der Waals surface area contributed by atoms with Crippen LogP contribution in [0, 0.1) is 9.39 Å². The van der Waals surface area contributed by atoms with E-state index in [1.807, 2.05) is 0 Å². The smallest absolute Gasteiger partial charge is 0.228 e. The van der Waals surface area contributed by atoms with Gasteiger partial charge in [-0.3, -0.25) is 9.59 Å². The summed E-state index contributed by atoms with van der Waals surface area (Å²) in [4.78, 5) is 24.5. The topological polar surface area (TPSA) is 37.4 Å². The molecule has 0 radical (unpaired) electrons. The summed E-state index contributed by atoms with van der Waals surface area (Å²) in [6, 6.07) is 4.37. The van der Waals surface area contributed by atoms with Gasteiger partial charge in [0.05, 0.1) is 5.69 Å². The van der Waals surface area contributed by atoms with Crippen molar-refractivity contribution in [1.29, 1.82) is 0 Å². The Bertz CT molecular complexity index is 509. The van der Waals surface area contributed by atoms with Crippen LogP contribution in [0.15, 0.2) is 18.2 Å². The van der Waals surface area contributed by atoms with Gasteiger partial charge in [0.1, 0.15) is 5.82 Å². The average molecular weight is 379 g/mol. The van der Waals surface area contributed by atoms with Crippen LogP contribution in [-0.4, -0.2) is 22.8 Å². The average Bonchev–Trinajstić information content (AvgIpc) is 2.62. The number of halogens is 2. The Labute approximate surface area is 122 Å². The fraction of sp³-hybridized carbons (Fsp3) is 0.333. The van der Waals surface area contributed by atoms with Crippen LogP contribution in [-0.2, 0) is 9.59 Å². The molecule has 1 aliphatic heterocycles. The van der Waals surface area contributed by atoms with Gasteiger partial charge in [-0.2, -0.15) is 0 Å². The van der Waals surface area contributed by atoms with Crippen LogP contribution in [0.25, 0.3) is 0 Å². The van der Waals surface area contributed by atoms with Gasteiger partial charge in [0, 0.05) is 28.7 Å². The molecule has 3 nitrogen and oxygen atoms in total. The molecule has 2 rings (SSSR count). The Kier molecular flexibility index (Phi) is 4.26. The summed E-state index contributed by atoms with van der Waals surface area (Å²) < 4.78 is 14.1. The van der Waals surface area contributed by atoms with Crippen molar-refractivity contribution in [3.8, 4) is 0 Å². The molecule has 1 unspecified atom stereocenters. The SMILES string of the molecule is CC(=O)SC1CC(=O)N(c2cc(F)ccc2I)C1. The van der Waals surface area contributed by atoms with Crippen molar-refractivity contribution in [3.63, 3.8) is 0 Å². The lowest BCUT2D eigenvalue weighted by Crippen LogP contribution is -2.25. The number of anilines is 1. The number of hydrogen-bond acceptors (Lipinski definition) is 3. The molecule has 1 amide bonds. The molecule has 18 heavy (non-hydrogen) atoms. The van der Waals surface area contributed by atoms with Crippen LogP contribution in [0.3, 0.4) is 0 Å². The highest BCUT2D eigenvalue weighted by Crippen LogP contribution is 2.31. The van der Waals surface area contributed by atoms with E-state index in [4.69, 9.17) is 0 Å². The van der Waals surface area contributed by atoms with Crippen molar-refractivity contribution < 1.29 is 14.0 Å². The van der Waals surface area contributed by atoms with Crippen molar-refractivity contribution in [2.24, 2.45) is 0 Å². The lowest BCUT2D eigenvalue weighted by molar-refractivity contribution is -0.117. The third kappa shape index (κ3) is 3.03. The summed E-state index contributed by atoms with van der Waals surface area (Å²) in [5, 5.41) is -0.0299. The monoisotopic (exact) mass is 379 g/mol. The maximum Gasteiger partial charge on any atom is 0.228 e. The third-order valence-corrected chi connectivity index (χ3v) is 4.51. The summed E-state index contributed by atoms with van der Waals surface area (Å²) in [5.74, 6) is -0.418. The lowest BCUT2D eigenvalue weighted by Gasteiger charge is -2.18. The number of thioether (sulfide) groups is 1. The van der Waals surface area contributed by atoms with Gasteiger partial charge in [0.2, 0.25) is 5.91 Å². The van der Waals surface area contributed by atoms with Crippen molar-refractivity contribution in [2.45, 2.75) is 18.6 Å². The summed E-state index contributed by atoms with van der Waals surface area (Å²) in [7, 11) is 0. The summed E-state index contributed by atoms with van der Waals surface area (Å²) in [6.07, 6.45) is 0.330. The second-order valence-electron chi connectivity index (χ2n) is 4.04. The first kappa shape index (κ1) is 13.8. The molecule has 0 spiro atoms. The molecule has 1 atom stereocenters. The molecule has 0 N–H and O–H groups in total. The van der Waals surface area contributed by atoms with E-state index >= 15 is 0 Å². The molecule has 1 aromatic carbocycles. The van der Waals surface area contributed by atoms with Crippen LogP contribution >= 0.6 is 34.4 Å². The fourth-order valence-electron chi connectivity index (χ4n) is 1.91. The minimum absolute atomic E-state index is 0.00332. The van der Waals surface area contributed by atoms with Gasteiger partial charge in [0.15, 0.2) is 5.12 Å².